The van der Waals surface area contributed by atoms with Crippen LogP contribution in [-0.4, -0.2) is 105 Å². The van der Waals surface area contributed by atoms with Gasteiger partial charge in [0.1, 0.15) is 29.9 Å². The first-order valence-electron chi connectivity index (χ1n) is 11.7. The Hall–Kier alpha value is -3.75. The molecular weight excluding hydrogens is 490 g/mol. The highest BCUT2D eigenvalue weighted by Crippen LogP contribution is 2.18. The van der Waals surface area contributed by atoms with Crippen LogP contribution in [0.2, 0.25) is 0 Å². The van der Waals surface area contributed by atoms with Crippen LogP contribution in [0.15, 0.2) is 24.3 Å². The molecule has 0 radical (unpaired) electrons. The van der Waals surface area contributed by atoms with Crippen molar-refractivity contribution in [2.75, 3.05) is 19.7 Å². The van der Waals surface area contributed by atoms with E-state index in [1.54, 1.807) is 0 Å². The number of phenolic OH excluding ortho intramolecular Hbond substituents is 1. The third kappa shape index (κ3) is 8.41. The Balaban J connectivity index is 2.02. The van der Waals surface area contributed by atoms with Gasteiger partial charge in [0, 0.05) is 13.0 Å². The Morgan fingerprint density at radius 3 is 2.30 bits per heavy atom. The second kappa shape index (κ2) is 13.5. The van der Waals surface area contributed by atoms with E-state index in [0.29, 0.717) is 12.0 Å². The van der Waals surface area contributed by atoms with Crippen LogP contribution in [0.5, 0.6) is 5.75 Å². The molecule has 1 heterocycles. The summed E-state index contributed by atoms with van der Waals surface area (Å²) in [6.07, 6.45) is -0.490. The van der Waals surface area contributed by atoms with Crippen molar-refractivity contribution in [2.45, 2.75) is 56.5 Å². The molecule has 1 saturated heterocycles. The van der Waals surface area contributed by atoms with Crippen LogP contribution >= 0.6 is 0 Å². The first kappa shape index (κ1) is 29.5. The number of nitrogens with two attached hydrogens (primary N) is 1. The first-order valence-corrected chi connectivity index (χ1v) is 11.7. The van der Waals surface area contributed by atoms with Gasteiger partial charge in [-0.05, 0) is 37.5 Å². The fourth-order valence-corrected chi connectivity index (χ4v) is 3.77. The standard InChI is InChI=1S/C23H33N5O9/c1-12(30)19(24)21(34)27-15(9-13-4-6-14(31)7-5-13)20(33)25-10-18(32)26-16(11-29)22(35)28-8-2-3-17(28)23(36)37/h4-7,12,15-17,19,29-31H,2-3,8-11,24H2,1H3,(H,25,33)(H,26,32)(H,27,34)(H,36,37)/t12-,15+,16+,17+,19+/m1/s1. The van der Waals surface area contributed by atoms with E-state index in [1.807, 2.05) is 0 Å². The van der Waals surface area contributed by atoms with E-state index in [1.165, 1.54) is 31.2 Å². The predicted octanol–water partition coefficient (Wildman–Crippen LogP) is -3.20. The van der Waals surface area contributed by atoms with Gasteiger partial charge >= 0.3 is 5.97 Å². The number of carbonyl (C=O) groups is 5. The van der Waals surface area contributed by atoms with Crippen LogP contribution in [0, 0.1) is 0 Å². The number of carbonyl (C=O) groups excluding carboxylic acids is 4. The largest absolute Gasteiger partial charge is 0.508 e. The third-order valence-electron chi connectivity index (χ3n) is 5.89. The topological polar surface area (TPSA) is 232 Å². The molecule has 1 aromatic rings. The molecular formula is C23H33N5O9. The van der Waals surface area contributed by atoms with Crippen LogP contribution in [-0.2, 0) is 30.4 Å². The Morgan fingerprint density at radius 2 is 1.73 bits per heavy atom. The van der Waals surface area contributed by atoms with Crippen LogP contribution in [0.1, 0.15) is 25.3 Å². The number of hydrogen-bond donors (Lipinski definition) is 8. The van der Waals surface area contributed by atoms with Gasteiger partial charge in [-0.2, -0.15) is 0 Å². The molecule has 1 fully saturated rings. The summed E-state index contributed by atoms with van der Waals surface area (Å²) in [6, 6.07) is 0.884. The summed E-state index contributed by atoms with van der Waals surface area (Å²) in [7, 11) is 0. The number of aliphatic hydroxyl groups excluding tert-OH is 2. The Labute approximate surface area is 212 Å². The van der Waals surface area contributed by atoms with E-state index >= 15 is 0 Å². The van der Waals surface area contributed by atoms with E-state index in [0.717, 1.165) is 4.90 Å². The summed E-state index contributed by atoms with van der Waals surface area (Å²) in [5, 5.41) is 44.9. The van der Waals surface area contributed by atoms with Gasteiger partial charge in [-0.3, -0.25) is 19.2 Å². The molecule has 0 spiro atoms. The molecule has 204 valence electrons. The normalized spacial score (nSPS) is 18.3. The predicted molar refractivity (Wildman–Crippen MR) is 128 cm³/mol. The van der Waals surface area contributed by atoms with Gasteiger partial charge in [0.05, 0.1) is 19.3 Å². The van der Waals surface area contributed by atoms with Crippen molar-refractivity contribution in [1.82, 2.24) is 20.9 Å². The number of likely N-dealkylation sites (tertiary alicyclic amines) is 1. The number of nitrogens with one attached hydrogen (secondary N) is 3. The molecule has 37 heavy (non-hydrogen) atoms. The third-order valence-corrected chi connectivity index (χ3v) is 5.89. The van der Waals surface area contributed by atoms with Crippen molar-refractivity contribution in [3.8, 4) is 5.75 Å². The van der Waals surface area contributed by atoms with Crippen molar-refractivity contribution in [2.24, 2.45) is 5.73 Å². The van der Waals surface area contributed by atoms with E-state index in [-0.39, 0.29) is 25.1 Å². The van der Waals surface area contributed by atoms with Crippen LogP contribution in [0.4, 0.5) is 0 Å². The van der Waals surface area contributed by atoms with Gasteiger partial charge in [0.25, 0.3) is 0 Å². The summed E-state index contributed by atoms with van der Waals surface area (Å²) >= 11 is 0. The van der Waals surface area contributed by atoms with Crippen LogP contribution < -0.4 is 21.7 Å². The van der Waals surface area contributed by atoms with Crippen molar-refractivity contribution in [3.63, 3.8) is 0 Å². The fourth-order valence-electron chi connectivity index (χ4n) is 3.77. The molecule has 1 aliphatic heterocycles. The van der Waals surface area contributed by atoms with E-state index in [4.69, 9.17) is 5.73 Å². The lowest BCUT2D eigenvalue weighted by molar-refractivity contribution is -0.149. The number of benzene rings is 1. The highest BCUT2D eigenvalue weighted by atomic mass is 16.4. The van der Waals surface area contributed by atoms with E-state index in [9.17, 15) is 44.4 Å². The lowest BCUT2D eigenvalue weighted by atomic mass is 10.0. The smallest absolute Gasteiger partial charge is 0.326 e. The lowest BCUT2D eigenvalue weighted by Gasteiger charge is -2.26. The number of amides is 4. The number of rotatable bonds is 12. The number of carboxylic acid groups (broad SMARTS) is 1. The molecule has 0 unspecified atom stereocenters. The quantitative estimate of drug-likeness (QED) is 0.137. The number of phenols is 1. The van der Waals surface area contributed by atoms with Gasteiger partial charge in [-0.1, -0.05) is 12.1 Å². The van der Waals surface area contributed by atoms with Gasteiger partial charge in [0.2, 0.25) is 23.6 Å². The number of aliphatic carboxylic acids is 1. The zero-order valence-corrected chi connectivity index (χ0v) is 20.3. The molecule has 0 aromatic heterocycles. The van der Waals surface area contributed by atoms with E-state index < -0.39 is 73.0 Å². The van der Waals surface area contributed by atoms with Gasteiger partial charge < -0.3 is 47.0 Å². The molecule has 2 rings (SSSR count). The molecule has 0 bridgehead atoms. The summed E-state index contributed by atoms with van der Waals surface area (Å²) in [6.45, 7) is 0.0863. The molecule has 5 atom stereocenters. The lowest BCUT2D eigenvalue weighted by Crippen LogP contribution is -2.57. The van der Waals surface area contributed by atoms with E-state index in [2.05, 4.69) is 16.0 Å². The number of hydrogen-bond acceptors (Lipinski definition) is 9. The molecule has 0 aliphatic carbocycles. The summed E-state index contributed by atoms with van der Waals surface area (Å²) < 4.78 is 0. The molecule has 4 amide bonds. The second-order valence-corrected chi connectivity index (χ2v) is 8.75. The SMILES string of the molecule is C[C@@H](O)[C@H](N)C(=O)N[C@@H](Cc1ccc(O)cc1)C(=O)NCC(=O)N[C@@H](CO)C(=O)N1CCC[C@H]1C(=O)O. The van der Waals surface area contributed by atoms with Crippen molar-refractivity contribution in [3.05, 3.63) is 29.8 Å². The van der Waals surface area contributed by atoms with Crippen molar-refractivity contribution in [1.29, 1.82) is 0 Å². The fraction of sp³-hybridized carbons (Fsp3) is 0.522. The van der Waals surface area contributed by atoms with Crippen LogP contribution in [0.25, 0.3) is 0 Å². The number of carboxylic acids is 1. The second-order valence-electron chi connectivity index (χ2n) is 8.75. The number of aromatic hydroxyl groups is 1. The first-order chi connectivity index (χ1) is 17.4. The minimum absolute atomic E-state index is 0.00169. The maximum Gasteiger partial charge on any atom is 0.326 e. The molecule has 9 N–H and O–H groups in total. The Kier molecular flexibility index (Phi) is 10.8. The highest BCUT2D eigenvalue weighted by Gasteiger charge is 2.37. The highest BCUT2D eigenvalue weighted by molar-refractivity contribution is 5.94. The minimum atomic E-state index is -1.40. The average Bonchev–Trinajstić information content (AvgIpc) is 3.36. The molecule has 1 aliphatic rings. The van der Waals surface area contributed by atoms with Gasteiger partial charge in [0.15, 0.2) is 0 Å². The Bertz CT molecular complexity index is 985. The van der Waals surface area contributed by atoms with Crippen LogP contribution in [0.3, 0.4) is 0 Å². The molecule has 14 nitrogen and oxygen atoms in total. The number of aliphatic hydroxyl groups is 2. The average molecular weight is 524 g/mol. The maximum atomic E-state index is 12.8. The molecule has 1 aromatic carbocycles. The van der Waals surface area contributed by atoms with Gasteiger partial charge in [-0.15, -0.1) is 0 Å². The zero-order valence-electron chi connectivity index (χ0n) is 20.3. The maximum absolute atomic E-state index is 12.8. The summed E-state index contributed by atoms with van der Waals surface area (Å²) in [5.74, 6) is -4.34. The monoisotopic (exact) mass is 523 g/mol. The minimum Gasteiger partial charge on any atom is -0.508 e. The zero-order chi connectivity index (χ0) is 27.7. The molecule has 14 heteroatoms. The molecule has 0 saturated carbocycles. The number of nitrogens with zero attached hydrogens (tertiary/aromatic N) is 1. The van der Waals surface area contributed by atoms with Gasteiger partial charge in [-0.25, -0.2) is 4.79 Å². The Morgan fingerprint density at radius 1 is 1.08 bits per heavy atom. The summed E-state index contributed by atoms with van der Waals surface area (Å²) in [4.78, 5) is 62.6. The van der Waals surface area contributed by atoms with Crippen molar-refractivity contribution < 1.29 is 44.4 Å². The summed E-state index contributed by atoms with van der Waals surface area (Å²) in [5.41, 5.74) is 6.20. The van der Waals surface area contributed by atoms with Crippen molar-refractivity contribution >= 4 is 29.6 Å².